The lowest BCUT2D eigenvalue weighted by atomic mass is 9.88. The van der Waals surface area contributed by atoms with Gasteiger partial charge in [0.25, 0.3) is 0 Å². The van der Waals surface area contributed by atoms with Crippen molar-refractivity contribution < 1.29 is 20.1 Å². The van der Waals surface area contributed by atoms with Gasteiger partial charge in [-0.1, -0.05) is 72.8 Å². The summed E-state index contributed by atoms with van der Waals surface area (Å²) in [6, 6.07) is 34.3. The summed E-state index contributed by atoms with van der Waals surface area (Å²) < 4.78 is 5.78. The minimum absolute atomic E-state index is 0.0715. The summed E-state index contributed by atoms with van der Waals surface area (Å²) in [4.78, 5) is 2.25. The zero-order chi connectivity index (χ0) is 25.2. The Labute approximate surface area is 212 Å². The topological polar surface area (TPSA) is 73.2 Å². The number of aromatic hydroxyl groups is 2. The van der Waals surface area contributed by atoms with Crippen LogP contribution in [0.2, 0.25) is 0 Å². The van der Waals surface area contributed by atoms with Crippen LogP contribution < -0.4 is 4.74 Å². The monoisotopic (exact) mass is 483 g/mol. The van der Waals surface area contributed by atoms with Crippen molar-refractivity contribution in [3.05, 3.63) is 126 Å². The van der Waals surface area contributed by atoms with Crippen LogP contribution in [0.15, 0.2) is 109 Å². The molecule has 0 saturated carbocycles. The lowest BCUT2D eigenvalue weighted by Crippen LogP contribution is -2.36. The van der Waals surface area contributed by atoms with Crippen molar-refractivity contribution in [2.45, 2.75) is 25.0 Å². The van der Waals surface area contributed by atoms with Crippen molar-refractivity contribution in [3.8, 4) is 17.2 Å². The van der Waals surface area contributed by atoms with Gasteiger partial charge in [-0.3, -0.25) is 4.90 Å². The van der Waals surface area contributed by atoms with E-state index in [1.165, 1.54) is 5.56 Å². The van der Waals surface area contributed by atoms with Gasteiger partial charge < -0.3 is 20.1 Å². The third-order valence-corrected chi connectivity index (χ3v) is 6.23. The smallest absolute Gasteiger partial charge is 0.119 e. The molecular formula is C31H33NO4. The van der Waals surface area contributed by atoms with Crippen molar-refractivity contribution in [1.29, 1.82) is 0 Å². The number of phenolic OH excluding ortho intramolecular Hbond substituents is 2. The summed E-state index contributed by atoms with van der Waals surface area (Å²) in [5, 5.41) is 30.4. The Morgan fingerprint density at radius 2 is 1.19 bits per heavy atom. The van der Waals surface area contributed by atoms with E-state index in [2.05, 4.69) is 17.0 Å². The summed E-state index contributed by atoms with van der Waals surface area (Å²) in [5.74, 6) is 1.28. The first-order valence-electron chi connectivity index (χ1n) is 12.3. The molecule has 5 nitrogen and oxygen atoms in total. The third-order valence-electron chi connectivity index (χ3n) is 6.23. The number of ether oxygens (including phenoxy) is 1. The van der Waals surface area contributed by atoms with E-state index in [-0.39, 0.29) is 24.0 Å². The Bertz CT molecular complexity index is 1120. The third kappa shape index (κ3) is 7.60. The fraction of sp³-hybridized carbons (Fsp3) is 0.226. The van der Waals surface area contributed by atoms with Gasteiger partial charge in [0.2, 0.25) is 0 Å². The van der Waals surface area contributed by atoms with Crippen molar-refractivity contribution >= 4 is 0 Å². The van der Waals surface area contributed by atoms with Gasteiger partial charge in [-0.2, -0.15) is 0 Å². The highest BCUT2D eigenvalue weighted by molar-refractivity contribution is 5.37. The molecule has 1 atom stereocenters. The Morgan fingerprint density at radius 1 is 0.667 bits per heavy atom. The van der Waals surface area contributed by atoms with Crippen LogP contribution in [0.1, 0.15) is 29.0 Å². The number of aliphatic hydroxyl groups is 1. The molecular weight excluding hydrogens is 450 g/mol. The van der Waals surface area contributed by atoms with Crippen LogP contribution in [0.5, 0.6) is 17.2 Å². The highest BCUT2D eigenvalue weighted by atomic mass is 16.5. The first-order valence-corrected chi connectivity index (χ1v) is 12.3. The number of hydrogen-bond donors (Lipinski definition) is 3. The van der Waals surface area contributed by atoms with Gasteiger partial charge in [0.05, 0.1) is 0 Å². The van der Waals surface area contributed by atoms with Crippen LogP contribution in [-0.2, 0) is 6.54 Å². The summed E-state index contributed by atoms with van der Waals surface area (Å²) in [5.41, 5.74) is 3.36. The van der Waals surface area contributed by atoms with Crippen LogP contribution >= 0.6 is 0 Å². The van der Waals surface area contributed by atoms with Gasteiger partial charge in [-0.25, -0.2) is 0 Å². The first-order chi connectivity index (χ1) is 17.6. The molecule has 1 unspecified atom stereocenters. The van der Waals surface area contributed by atoms with Crippen molar-refractivity contribution in [1.82, 2.24) is 4.90 Å². The Morgan fingerprint density at radius 3 is 1.75 bits per heavy atom. The highest BCUT2D eigenvalue weighted by Crippen LogP contribution is 2.31. The van der Waals surface area contributed by atoms with Gasteiger partial charge in [-0.15, -0.1) is 0 Å². The van der Waals surface area contributed by atoms with Crippen LogP contribution in [0.25, 0.3) is 0 Å². The van der Waals surface area contributed by atoms with E-state index >= 15 is 0 Å². The average Bonchev–Trinajstić information content (AvgIpc) is 2.90. The predicted octanol–water partition coefficient (Wildman–Crippen LogP) is 5.56. The number of phenols is 2. The Kier molecular flexibility index (Phi) is 8.98. The van der Waals surface area contributed by atoms with Gasteiger partial charge in [0.1, 0.15) is 30.0 Å². The molecule has 3 N–H and O–H groups in total. The van der Waals surface area contributed by atoms with Crippen molar-refractivity contribution in [3.63, 3.8) is 0 Å². The molecule has 0 radical (unpaired) electrons. The van der Waals surface area contributed by atoms with Crippen molar-refractivity contribution in [2.24, 2.45) is 0 Å². The van der Waals surface area contributed by atoms with Gasteiger partial charge in [-0.05, 0) is 66.1 Å². The number of nitrogens with zero attached hydrogens (tertiary/aromatic N) is 1. The summed E-state index contributed by atoms with van der Waals surface area (Å²) in [6.07, 6.45) is 0.156. The molecule has 0 heterocycles. The maximum atomic E-state index is 10.8. The number of para-hydroxylation sites is 1. The summed E-state index contributed by atoms with van der Waals surface area (Å²) >= 11 is 0. The molecule has 4 rings (SSSR count). The maximum Gasteiger partial charge on any atom is 0.119 e. The number of rotatable bonds is 12. The second-order valence-corrected chi connectivity index (χ2v) is 9.02. The molecule has 5 heteroatoms. The molecule has 0 saturated heterocycles. The predicted molar refractivity (Wildman–Crippen MR) is 142 cm³/mol. The number of aliphatic hydroxyl groups excluding tert-OH is 1. The zero-order valence-corrected chi connectivity index (χ0v) is 20.3. The molecule has 0 fully saturated rings. The van der Waals surface area contributed by atoms with Crippen LogP contribution in [0, 0.1) is 0 Å². The van der Waals surface area contributed by atoms with E-state index in [9.17, 15) is 15.3 Å². The molecule has 0 spiro atoms. The number of hydrogen-bond acceptors (Lipinski definition) is 5. The van der Waals surface area contributed by atoms with E-state index in [4.69, 9.17) is 4.74 Å². The Hall–Kier alpha value is -3.80. The van der Waals surface area contributed by atoms with E-state index in [0.29, 0.717) is 13.1 Å². The highest BCUT2D eigenvalue weighted by Gasteiger charge is 2.19. The van der Waals surface area contributed by atoms with Gasteiger partial charge in [0, 0.05) is 19.0 Å². The minimum Gasteiger partial charge on any atom is -0.508 e. The molecule has 4 aromatic rings. The lowest BCUT2D eigenvalue weighted by Gasteiger charge is -2.28. The van der Waals surface area contributed by atoms with E-state index in [0.717, 1.165) is 29.8 Å². The molecule has 4 aromatic carbocycles. The quantitative estimate of drug-likeness (QED) is 0.246. The standard InChI is InChI=1S/C31H33NO4/c33-27-15-11-25(12-16-27)31(26-13-17-28(34)18-14-26)19-20-32(21-24-7-3-1-4-8-24)22-29(35)23-36-30-9-5-2-6-10-30/h1-18,29,31,33-35H,19-23H2. The molecule has 0 amide bonds. The average molecular weight is 484 g/mol. The largest absolute Gasteiger partial charge is 0.508 e. The fourth-order valence-electron chi connectivity index (χ4n) is 4.39. The number of benzene rings is 4. The SMILES string of the molecule is Oc1ccc(C(CCN(Cc2ccccc2)CC(O)COc2ccccc2)c2ccc(O)cc2)cc1. The molecule has 0 aliphatic heterocycles. The molecule has 0 aromatic heterocycles. The molecule has 36 heavy (non-hydrogen) atoms. The van der Waals surface area contributed by atoms with Crippen LogP contribution in [-0.4, -0.2) is 46.0 Å². The zero-order valence-electron chi connectivity index (χ0n) is 20.3. The lowest BCUT2D eigenvalue weighted by molar-refractivity contribution is 0.0647. The molecule has 186 valence electrons. The Balaban J connectivity index is 1.48. The van der Waals surface area contributed by atoms with Gasteiger partial charge in [0.15, 0.2) is 0 Å². The van der Waals surface area contributed by atoms with Crippen molar-refractivity contribution in [2.75, 3.05) is 19.7 Å². The first kappa shape index (κ1) is 25.3. The van der Waals surface area contributed by atoms with Gasteiger partial charge >= 0.3 is 0 Å². The van der Waals surface area contributed by atoms with E-state index in [1.807, 2.05) is 72.8 Å². The summed E-state index contributed by atoms with van der Waals surface area (Å²) in [6.45, 7) is 2.14. The van der Waals surface area contributed by atoms with E-state index < -0.39 is 6.10 Å². The normalized spacial score (nSPS) is 12.1. The second-order valence-electron chi connectivity index (χ2n) is 9.02. The molecule has 0 aliphatic rings. The molecule has 0 bridgehead atoms. The minimum atomic E-state index is -0.644. The summed E-state index contributed by atoms with van der Waals surface area (Å²) in [7, 11) is 0. The van der Waals surface area contributed by atoms with E-state index in [1.54, 1.807) is 24.3 Å². The van der Waals surface area contributed by atoms with Crippen LogP contribution in [0.3, 0.4) is 0 Å². The fourth-order valence-corrected chi connectivity index (χ4v) is 4.39. The second kappa shape index (κ2) is 12.8. The maximum absolute atomic E-state index is 10.8. The van der Waals surface area contributed by atoms with Crippen LogP contribution in [0.4, 0.5) is 0 Å². The molecule has 0 aliphatic carbocycles.